The Morgan fingerprint density at radius 3 is 2.68 bits per heavy atom. The zero-order valence-corrected chi connectivity index (χ0v) is 16.2. The first kappa shape index (κ1) is 21.7. The van der Waals surface area contributed by atoms with Gasteiger partial charge in [-0.1, -0.05) is 13.0 Å². The summed E-state index contributed by atoms with van der Waals surface area (Å²) in [6.07, 6.45) is -3.85. The highest BCUT2D eigenvalue weighted by Gasteiger charge is 2.30. The van der Waals surface area contributed by atoms with Gasteiger partial charge in [-0.25, -0.2) is 14.6 Å². The number of amides is 2. The third-order valence-electron chi connectivity index (χ3n) is 3.58. The van der Waals surface area contributed by atoms with Gasteiger partial charge < -0.3 is 15.0 Å². The molecule has 0 spiro atoms. The van der Waals surface area contributed by atoms with Crippen LogP contribution < -0.4 is 5.32 Å². The molecule has 6 nitrogen and oxygen atoms in total. The number of halogens is 3. The number of thiazole rings is 1. The Morgan fingerprint density at radius 1 is 1.29 bits per heavy atom. The molecule has 0 atom stereocenters. The summed E-state index contributed by atoms with van der Waals surface area (Å²) in [7, 11) is 0. The molecule has 0 saturated heterocycles. The molecule has 28 heavy (non-hydrogen) atoms. The smallest absolute Gasteiger partial charge is 0.416 e. The van der Waals surface area contributed by atoms with Crippen molar-refractivity contribution in [1.29, 1.82) is 0 Å². The summed E-state index contributed by atoms with van der Waals surface area (Å²) in [6, 6.07) is 3.89. The summed E-state index contributed by atoms with van der Waals surface area (Å²) >= 11 is 1.21. The predicted molar refractivity (Wildman–Crippen MR) is 99.2 cm³/mol. The van der Waals surface area contributed by atoms with Gasteiger partial charge in [0.05, 0.1) is 18.7 Å². The second kappa shape index (κ2) is 9.54. The van der Waals surface area contributed by atoms with Crippen molar-refractivity contribution in [2.75, 3.05) is 18.5 Å². The number of esters is 1. The van der Waals surface area contributed by atoms with Gasteiger partial charge in [-0.15, -0.1) is 11.3 Å². The van der Waals surface area contributed by atoms with Crippen LogP contribution in [0, 0.1) is 0 Å². The Kier molecular flexibility index (Phi) is 7.38. The van der Waals surface area contributed by atoms with Crippen molar-refractivity contribution in [1.82, 2.24) is 9.88 Å². The molecule has 1 N–H and O–H groups in total. The molecule has 0 fully saturated rings. The molecule has 0 aliphatic heterocycles. The molecule has 2 amide bonds. The lowest BCUT2D eigenvalue weighted by atomic mass is 10.2. The number of aromatic nitrogens is 1. The van der Waals surface area contributed by atoms with Crippen LogP contribution in [0.4, 0.5) is 23.7 Å². The van der Waals surface area contributed by atoms with E-state index in [1.165, 1.54) is 28.4 Å². The molecule has 0 radical (unpaired) electrons. The van der Waals surface area contributed by atoms with Gasteiger partial charge in [0, 0.05) is 17.6 Å². The second-order valence-corrected chi connectivity index (χ2v) is 6.72. The van der Waals surface area contributed by atoms with Gasteiger partial charge in [0.15, 0.2) is 5.69 Å². The average molecular weight is 415 g/mol. The highest BCUT2D eigenvalue weighted by atomic mass is 32.1. The number of carbonyl (C=O) groups is 2. The van der Waals surface area contributed by atoms with Crippen LogP contribution in [-0.2, 0) is 17.5 Å². The van der Waals surface area contributed by atoms with E-state index >= 15 is 0 Å². The van der Waals surface area contributed by atoms with Crippen molar-refractivity contribution in [3.8, 4) is 0 Å². The summed E-state index contributed by atoms with van der Waals surface area (Å²) in [5, 5.41) is 4.55. The first-order chi connectivity index (χ1) is 13.2. The van der Waals surface area contributed by atoms with Crippen LogP contribution in [0.15, 0.2) is 29.6 Å². The number of ether oxygens (including phenoxy) is 1. The molecule has 152 valence electrons. The molecule has 0 aliphatic rings. The number of carbonyl (C=O) groups excluding carboxylic acids is 2. The molecule has 2 aromatic rings. The van der Waals surface area contributed by atoms with E-state index in [9.17, 15) is 22.8 Å². The highest BCUT2D eigenvalue weighted by molar-refractivity contribution is 7.09. The molecule has 10 heteroatoms. The number of hydrogen-bond donors (Lipinski definition) is 1. The first-order valence-electron chi connectivity index (χ1n) is 8.59. The van der Waals surface area contributed by atoms with E-state index < -0.39 is 23.7 Å². The van der Waals surface area contributed by atoms with Crippen molar-refractivity contribution in [3.63, 3.8) is 0 Å². The molecule has 0 bridgehead atoms. The van der Waals surface area contributed by atoms with Crippen LogP contribution >= 0.6 is 11.3 Å². The highest BCUT2D eigenvalue weighted by Crippen LogP contribution is 2.30. The summed E-state index contributed by atoms with van der Waals surface area (Å²) in [5.74, 6) is -0.541. The van der Waals surface area contributed by atoms with Gasteiger partial charge in [0.25, 0.3) is 0 Å². The standard InChI is InChI=1S/C18H20F3N3O3S/c1-3-8-24(10-15-23-14(11-28-15)16(25)27-4-2)17(26)22-13-7-5-6-12(9-13)18(19,20)21/h5-7,9,11H,3-4,8,10H2,1-2H3,(H,22,26). The van der Waals surface area contributed by atoms with Crippen LogP contribution in [-0.4, -0.2) is 35.0 Å². The number of anilines is 1. The lowest BCUT2D eigenvalue weighted by molar-refractivity contribution is -0.137. The van der Waals surface area contributed by atoms with Gasteiger partial charge in [0.2, 0.25) is 0 Å². The zero-order valence-electron chi connectivity index (χ0n) is 15.4. The van der Waals surface area contributed by atoms with E-state index in [1.54, 1.807) is 12.3 Å². The van der Waals surface area contributed by atoms with Gasteiger partial charge in [0.1, 0.15) is 5.01 Å². The quantitative estimate of drug-likeness (QED) is 0.661. The zero-order chi connectivity index (χ0) is 20.7. The monoisotopic (exact) mass is 415 g/mol. The first-order valence-corrected chi connectivity index (χ1v) is 9.47. The maximum Gasteiger partial charge on any atom is 0.416 e. The normalized spacial score (nSPS) is 11.2. The number of nitrogens with one attached hydrogen (secondary N) is 1. The number of nitrogens with zero attached hydrogens (tertiary/aromatic N) is 2. The SMILES string of the molecule is CCCN(Cc1nc(C(=O)OCC)cs1)C(=O)Nc1cccc(C(F)(F)F)c1. The van der Waals surface area contributed by atoms with Crippen LogP contribution in [0.5, 0.6) is 0 Å². The fourth-order valence-corrected chi connectivity index (χ4v) is 3.12. The number of urea groups is 1. The molecule has 0 unspecified atom stereocenters. The Labute approximate surface area is 164 Å². The molecule has 1 heterocycles. The summed E-state index contributed by atoms with van der Waals surface area (Å²) in [5.41, 5.74) is -0.629. The van der Waals surface area contributed by atoms with Crippen molar-refractivity contribution < 1.29 is 27.5 Å². The van der Waals surface area contributed by atoms with Gasteiger partial charge in [-0.2, -0.15) is 13.2 Å². The van der Waals surface area contributed by atoms with E-state index in [-0.39, 0.29) is 24.5 Å². The van der Waals surface area contributed by atoms with Crippen LogP contribution in [0.1, 0.15) is 41.3 Å². The Hall–Kier alpha value is -2.62. The lowest BCUT2D eigenvalue weighted by Crippen LogP contribution is -2.35. The topological polar surface area (TPSA) is 71.5 Å². The van der Waals surface area contributed by atoms with Gasteiger partial charge in [-0.3, -0.25) is 0 Å². The Balaban J connectivity index is 2.09. The van der Waals surface area contributed by atoms with Gasteiger partial charge >= 0.3 is 18.2 Å². The van der Waals surface area contributed by atoms with Crippen molar-refractivity contribution in [2.24, 2.45) is 0 Å². The molecule has 0 aliphatic carbocycles. The molecule has 1 aromatic heterocycles. The maximum atomic E-state index is 12.8. The van der Waals surface area contributed by atoms with Crippen molar-refractivity contribution in [2.45, 2.75) is 33.0 Å². The molecule has 2 rings (SSSR count). The van der Waals surface area contributed by atoms with Crippen molar-refractivity contribution >= 4 is 29.0 Å². The molecule has 1 aromatic carbocycles. The fraction of sp³-hybridized carbons (Fsp3) is 0.389. The Morgan fingerprint density at radius 2 is 2.04 bits per heavy atom. The predicted octanol–water partition coefficient (Wildman–Crippen LogP) is 4.78. The van der Waals surface area contributed by atoms with Crippen LogP contribution in [0.25, 0.3) is 0 Å². The number of benzene rings is 1. The largest absolute Gasteiger partial charge is 0.461 e. The Bertz CT molecular complexity index is 824. The maximum absolute atomic E-state index is 12.8. The minimum atomic E-state index is -4.49. The summed E-state index contributed by atoms with van der Waals surface area (Å²) in [4.78, 5) is 29.8. The van der Waals surface area contributed by atoms with Crippen LogP contribution in [0.3, 0.4) is 0 Å². The average Bonchev–Trinajstić information content (AvgIpc) is 3.10. The van der Waals surface area contributed by atoms with Crippen LogP contribution in [0.2, 0.25) is 0 Å². The van der Waals surface area contributed by atoms with E-state index in [4.69, 9.17) is 4.74 Å². The molecule has 0 saturated carbocycles. The summed E-state index contributed by atoms with van der Waals surface area (Å²) in [6.45, 7) is 4.29. The number of alkyl halides is 3. The minimum Gasteiger partial charge on any atom is -0.461 e. The fourth-order valence-electron chi connectivity index (χ4n) is 2.34. The third-order valence-corrected chi connectivity index (χ3v) is 4.42. The van der Waals surface area contributed by atoms with E-state index in [0.29, 0.717) is 18.0 Å². The number of hydrogen-bond acceptors (Lipinski definition) is 5. The molecular formula is C18H20F3N3O3S. The second-order valence-electron chi connectivity index (χ2n) is 5.78. The molecular weight excluding hydrogens is 395 g/mol. The van der Waals surface area contributed by atoms with Crippen molar-refractivity contribution in [3.05, 3.63) is 45.9 Å². The van der Waals surface area contributed by atoms with E-state index in [2.05, 4.69) is 10.3 Å². The lowest BCUT2D eigenvalue weighted by Gasteiger charge is -2.21. The van der Waals surface area contributed by atoms with E-state index in [0.717, 1.165) is 12.1 Å². The summed E-state index contributed by atoms with van der Waals surface area (Å²) < 4.78 is 43.4. The van der Waals surface area contributed by atoms with E-state index in [1.807, 2.05) is 6.92 Å². The van der Waals surface area contributed by atoms with Gasteiger partial charge in [-0.05, 0) is 31.5 Å². The third kappa shape index (κ3) is 5.95. The minimum absolute atomic E-state index is 0.0484. The number of rotatable bonds is 7.